The Hall–Kier alpha value is -0.0269. The maximum atomic E-state index is 9.25. The number of aliphatic hydroxyl groups excluding tert-OH is 3. The summed E-state index contributed by atoms with van der Waals surface area (Å²) >= 11 is 0. The number of carbonyl (C=O) groups is 1. The first-order valence-corrected chi connectivity index (χ1v) is 16.2. The predicted octanol–water partition coefficient (Wildman–Crippen LogP) is 9.61. The van der Waals surface area contributed by atoms with Crippen molar-refractivity contribution < 1.29 is 51.4 Å². The van der Waals surface area contributed by atoms with Crippen molar-refractivity contribution in [2.24, 2.45) is 0 Å². The largest absolute Gasteiger partial charge is 0.478 e. The summed E-state index contributed by atoms with van der Waals surface area (Å²) in [7, 11) is 0. The van der Waals surface area contributed by atoms with Gasteiger partial charge in [0.25, 0.3) is 0 Å². The molecule has 0 bridgehead atoms. The molecule has 0 rings (SSSR count). The van der Waals surface area contributed by atoms with Gasteiger partial charge in [0.15, 0.2) is 0 Å². The van der Waals surface area contributed by atoms with Crippen LogP contribution in [0.3, 0.4) is 0 Å². The number of rotatable bonds is 25. The van der Waals surface area contributed by atoms with Gasteiger partial charge in [-0.25, -0.2) is 4.79 Å². The van der Waals surface area contributed by atoms with Crippen LogP contribution in [0.5, 0.6) is 0 Å². The van der Waals surface area contributed by atoms with E-state index in [1.807, 2.05) is 0 Å². The van der Waals surface area contributed by atoms with E-state index in [4.69, 9.17) is 20.4 Å². The number of hydrogen-bond donors (Lipinski definition) is 4. The fraction of sp³-hybridized carbons (Fsp3) is 0.909. The third kappa shape index (κ3) is 72.8. The van der Waals surface area contributed by atoms with Crippen LogP contribution in [-0.4, -0.2) is 46.2 Å². The molecule has 5 nitrogen and oxygen atoms in total. The second-order valence-electron chi connectivity index (χ2n) is 10.1. The summed E-state index contributed by atoms with van der Waals surface area (Å²) in [4.78, 5) is 9.25. The van der Waals surface area contributed by atoms with E-state index < -0.39 is 5.97 Å². The second kappa shape index (κ2) is 54.1. The van der Waals surface area contributed by atoms with Crippen molar-refractivity contribution in [3.8, 4) is 0 Å². The molecule has 4 N–H and O–H groups in total. The molecule has 0 aromatic carbocycles. The Morgan fingerprint density at radius 2 is 0.615 bits per heavy atom. The number of carboxylic acids is 1. The van der Waals surface area contributed by atoms with Crippen LogP contribution in [-0.2, 0) is 31.0 Å². The first kappa shape index (κ1) is 48.7. The smallest absolute Gasteiger partial charge is 0.327 e. The van der Waals surface area contributed by atoms with Crippen LogP contribution in [0.15, 0.2) is 12.7 Å². The minimum absolute atomic E-state index is 0. The van der Waals surface area contributed by atoms with Crippen molar-refractivity contribution >= 4 is 5.97 Å². The van der Waals surface area contributed by atoms with E-state index in [1.54, 1.807) is 0 Å². The van der Waals surface area contributed by atoms with Crippen molar-refractivity contribution in [2.75, 3.05) is 19.8 Å². The van der Waals surface area contributed by atoms with Crippen LogP contribution >= 0.6 is 0 Å². The van der Waals surface area contributed by atoms with Crippen LogP contribution in [0.4, 0.5) is 0 Å². The molecule has 0 saturated carbocycles. The zero-order chi connectivity index (χ0) is 29.4. The molecule has 6 heteroatoms. The predicted molar refractivity (Wildman–Crippen MR) is 167 cm³/mol. The number of aliphatic hydroxyl groups is 3. The van der Waals surface area contributed by atoms with E-state index in [9.17, 15) is 4.79 Å². The van der Waals surface area contributed by atoms with Gasteiger partial charge in [-0.15, -0.1) is 0 Å². The van der Waals surface area contributed by atoms with Gasteiger partial charge in [-0.3, -0.25) is 0 Å². The van der Waals surface area contributed by atoms with Crippen LogP contribution in [0.2, 0.25) is 0 Å². The van der Waals surface area contributed by atoms with Gasteiger partial charge in [-0.2, -0.15) is 0 Å². The molecule has 236 valence electrons. The van der Waals surface area contributed by atoms with Crippen molar-refractivity contribution in [2.45, 2.75) is 175 Å². The summed E-state index contributed by atoms with van der Waals surface area (Å²) in [5.41, 5.74) is 0. The average molecular weight is 638 g/mol. The van der Waals surface area contributed by atoms with Crippen LogP contribution in [0.25, 0.3) is 0 Å². The van der Waals surface area contributed by atoms with E-state index in [1.165, 1.54) is 135 Å². The van der Waals surface area contributed by atoms with Crippen molar-refractivity contribution in [3.63, 3.8) is 0 Å². The van der Waals surface area contributed by atoms with E-state index in [0.717, 1.165) is 25.3 Å². The summed E-state index contributed by atoms with van der Waals surface area (Å²) in [6, 6.07) is 0. The Labute approximate surface area is 263 Å². The summed E-state index contributed by atoms with van der Waals surface area (Å²) < 4.78 is 0. The van der Waals surface area contributed by atoms with Crippen molar-refractivity contribution in [3.05, 3.63) is 12.7 Å². The van der Waals surface area contributed by atoms with Crippen LogP contribution in [0, 0.1) is 0 Å². The standard InChI is InChI=1S/3C10H22O.C3H4O2.Zr/c3*1-2-3-4-5-6-7-8-9-10-11;1-2-3(4)5;/h3*11H,2-10H2,1H3;2H,1H2,(H,4,5);. The van der Waals surface area contributed by atoms with Crippen molar-refractivity contribution in [1.29, 1.82) is 0 Å². The normalized spacial score (nSPS) is 9.59. The maximum Gasteiger partial charge on any atom is 0.327 e. The fourth-order valence-electron chi connectivity index (χ4n) is 3.74. The first-order chi connectivity index (χ1) is 18.5. The van der Waals surface area contributed by atoms with Crippen LogP contribution in [0.1, 0.15) is 175 Å². The van der Waals surface area contributed by atoms with Crippen LogP contribution < -0.4 is 0 Å². The summed E-state index contributed by atoms with van der Waals surface area (Å²) in [6.07, 6.45) is 32.0. The Kier molecular flexibility index (Phi) is 67.6. The summed E-state index contributed by atoms with van der Waals surface area (Å²) in [5, 5.41) is 33.1. The fourth-order valence-corrected chi connectivity index (χ4v) is 3.74. The molecule has 0 fully saturated rings. The average Bonchev–Trinajstić information content (AvgIpc) is 2.93. The monoisotopic (exact) mass is 636 g/mol. The number of carboxylic acid groups (broad SMARTS) is 1. The summed E-state index contributed by atoms with van der Waals surface area (Å²) in [6.45, 7) is 10.8. The maximum absolute atomic E-state index is 9.25. The number of unbranched alkanes of at least 4 members (excludes halogenated alkanes) is 21. The van der Waals surface area contributed by atoms with Gasteiger partial charge in [0.2, 0.25) is 0 Å². The minimum Gasteiger partial charge on any atom is -0.478 e. The Morgan fingerprint density at radius 3 is 0.744 bits per heavy atom. The van der Waals surface area contributed by atoms with Gasteiger partial charge in [0.05, 0.1) is 0 Å². The molecule has 0 unspecified atom stereocenters. The third-order valence-corrected chi connectivity index (χ3v) is 6.21. The molecule has 0 spiro atoms. The van der Waals surface area contributed by atoms with E-state index in [-0.39, 0.29) is 26.2 Å². The van der Waals surface area contributed by atoms with E-state index >= 15 is 0 Å². The second-order valence-corrected chi connectivity index (χ2v) is 10.1. The van der Waals surface area contributed by atoms with Gasteiger partial charge in [-0.1, -0.05) is 162 Å². The van der Waals surface area contributed by atoms with Crippen molar-refractivity contribution in [1.82, 2.24) is 0 Å². The molecule has 0 aromatic heterocycles. The molecule has 0 heterocycles. The SMILES string of the molecule is C=CC(=O)O.CCCCCCCCCCO.CCCCCCCCCCO.CCCCCCCCCCO.[Zr]. The zero-order valence-corrected chi connectivity index (χ0v) is 29.0. The van der Waals surface area contributed by atoms with E-state index in [0.29, 0.717) is 19.8 Å². The Balaban J connectivity index is -0.000000135. The number of hydrogen-bond acceptors (Lipinski definition) is 4. The molecular formula is C33H70O5Zr. The van der Waals surface area contributed by atoms with Gasteiger partial charge in [0, 0.05) is 52.1 Å². The van der Waals surface area contributed by atoms with Gasteiger partial charge >= 0.3 is 5.97 Å². The summed E-state index contributed by atoms with van der Waals surface area (Å²) in [5.74, 6) is -0.981. The molecule has 0 aliphatic rings. The molecule has 39 heavy (non-hydrogen) atoms. The minimum atomic E-state index is -0.981. The van der Waals surface area contributed by atoms with Gasteiger partial charge in [-0.05, 0) is 19.3 Å². The first-order valence-electron chi connectivity index (χ1n) is 16.2. The molecule has 0 atom stereocenters. The zero-order valence-electron chi connectivity index (χ0n) is 26.6. The van der Waals surface area contributed by atoms with Gasteiger partial charge < -0.3 is 20.4 Å². The molecule has 0 saturated heterocycles. The number of aliphatic carboxylic acids is 1. The quantitative estimate of drug-likeness (QED) is 0.0590. The molecule has 0 aromatic rings. The molecule has 0 aliphatic carbocycles. The molecule has 0 aliphatic heterocycles. The third-order valence-electron chi connectivity index (χ3n) is 6.21. The van der Waals surface area contributed by atoms with Gasteiger partial charge in [0.1, 0.15) is 0 Å². The topological polar surface area (TPSA) is 98.0 Å². The Bertz CT molecular complexity index is 327. The van der Waals surface area contributed by atoms with E-state index in [2.05, 4.69) is 27.4 Å². The Morgan fingerprint density at radius 1 is 0.462 bits per heavy atom. The molecule has 0 radical (unpaired) electrons. The molecule has 0 amide bonds. The molecular weight excluding hydrogens is 568 g/mol.